The topological polar surface area (TPSA) is 93.0 Å². The van der Waals surface area contributed by atoms with Crippen molar-refractivity contribution >= 4 is 12.1 Å². The van der Waals surface area contributed by atoms with Gasteiger partial charge >= 0.3 is 6.09 Å². The van der Waals surface area contributed by atoms with Gasteiger partial charge in [0.05, 0.1) is 24.4 Å². The summed E-state index contributed by atoms with van der Waals surface area (Å²) in [7, 11) is 1.94. The molecule has 2 atom stereocenters. The lowest BCUT2D eigenvalue weighted by atomic mass is 10.1. The summed E-state index contributed by atoms with van der Waals surface area (Å²) in [5, 5.41) is 11.1. The van der Waals surface area contributed by atoms with Crippen molar-refractivity contribution in [2.24, 2.45) is 12.0 Å². The smallest absolute Gasteiger partial charge is 0.412 e. The Kier molecular flexibility index (Phi) is 7.62. The third-order valence-corrected chi connectivity index (χ3v) is 5.40. The zero-order chi connectivity index (χ0) is 23.6. The molecule has 1 amide bonds. The molecule has 1 aliphatic heterocycles. The first-order valence-corrected chi connectivity index (χ1v) is 11.0. The van der Waals surface area contributed by atoms with E-state index in [1.165, 1.54) is 0 Å². The monoisotopic (exact) mass is 436 g/mol. The number of nitrogens with one attached hydrogen (secondary N) is 2. The molecule has 0 spiro atoms. The minimum atomic E-state index is -0.756. The predicted octanol–water partition coefficient (Wildman–Crippen LogP) is 2.85. The third-order valence-electron chi connectivity index (χ3n) is 5.40. The molecule has 0 radical (unpaired) electrons. The fourth-order valence-corrected chi connectivity index (χ4v) is 3.87. The standard InChI is InChI=1S/C22H40N6O3/c1-11-23-19(24-12-17-14(2)26-27(10)15(17)3)25-13-18-16(4)30-22(8,9)28(18)20(29)31-21(5,6)7/h16,18H,11-13H2,1-10H3,(H2,23,24,25). The van der Waals surface area contributed by atoms with E-state index >= 15 is 0 Å². The summed E-state index contributed by atoms with van der Waals surface area (Å²) >= 11 is 0. The summed E-state index contributed by atoms with van der Waals surface area (Å²) in [5.74, 6) is 0.686. The van der Waals surface area contributed by atoms with Gasteiger partial charge in [-0.05, 0) is 62.3 Å². The van der Waals surface area contributed by atoms with Gasteiger partial charge in [-0.1, -0.05) is 0 Å². The second kappa shape index (κ2) is 9.46. The van der Waals surface area contributed by atoms with E-state index in [-0.39, 0.29) is 18.2 Å². The summed E-state index contributed by atoms with van der Waals surface area (Å²) in [5.41, 5.74) is 1.87. The van der Waals surface area contributed by atoms with Crippen LogP contribution >= 0.6 is 0 Å². The van der Waals surface area contributed by atoms with Crippen LogP contribution in [0.15, 0.2) is 4.99 Å². The molecule has 1 aliphatic rings. The van der Waals surface area contributed by atoms with Crippen LogP contribution in [0.25, 0.3) is 0 Å². The Morgan fingerprint density at radius 2 is 1.94 bits per heavy atom. The molecule has 0 aromatic carbocycles. The largest absolute Gasteiger partial charge is 0.444 e. The maximum Gasteiger partial charge on any atom is 0.412 e. The Morgan fingerprint density at radius 1 is 1.29 bits per heavy atom. The Morgan fingerprint density at radius 3 is 2.45 bits per heavy atom. The van der Waals surface area contributed by atoms with Gasteiger partial charge in [0.1, 0.15) is 11.3 Å². The quantitative estimate of drug-likeness (QED) is 0.545. The van der Waals surface area contributed by atoms with Crippen molar-refractivity contribution in [1.82, 2.24) is 25.3 Å². The Balaban J connectivity index is 2.15. The molecule has 1 aromatic rings. The molecule has 2 rings (SSSR count). The van der Waals surface area contributed by atoms with E-state index < -0.39 is 11.3 Å². The van der Waals surface area contributed by atoms with Gasteiger partial charge in [-0.3, -0.25) is 9.58 Å². The van der Waals surface area contributed by atoms with Crippen LogP contribution in [0.4, 0.5) is 4.79 Å². The second-order valence-corrected chi connectivity index (χ2v) is 9.54. The van der Waals surface area contributed by atoms with Crippen LogP contribution < -0.4 is 10.6 Å². The van der Waals surface area contributed by atoms with Crippen LogP contribution in [0.2, 0.25) is 0 Å². The molecule has 0 saturated carbocycles. The molecule has 2 unspecified atom stereocenters. The fourth-order valence-electron chi connectivity index (χ4n) is 3.87. The average Bonchev–Trinajstić information content (AvgIpc) is 2.99. The summed E-state index contributed by atoms with van der Waals surface area (Å²) in [6.45, 7) is 19.2. The van der Waals surface area contributed by atoms with E-state index in [1.807, 2.05) is 74.0 Å². The van der Waals surface area contributed by atoms with Gasteiger partial charge < -0.3 is 20.1 Å². The van der Waals surface area contributed by atoms with Gasteiger partial charge in [0, 0.05) is 31.4 Å². The van der Waals surface area contributed by atoms with Gasteiger partial charge in [-0.25, -0.2) is 9.79 Å². The molecule has 9 heteroatoms. The number of aromatic nitrogens is 2. The molecule has 0 aliphatic carbocycles. The van der Waals surface area contributed by atoms with Crippen LogP contribution in [0.1, 0.15) is 65.4 Å². The van der Waals surface area contributed by atoms with E-state index in [0.717, 1.165) is 23.5 Å². The lowest BCUT2D eigenvalue weighted by molar-refractivity contribution is -0.0755. The zero-order valence-electron chi connectivity index (χ0n) is 20.8. The molecule has 2 heterocycles. The first-order valence-electron chi connectivity index (χ1n) is 11.0. The molecular weight excluding hydrogens is 396 g/mol. The first kappa shape index (κ1) is 25.0. The predicted molar refractivity (Wildman–Crippen MR) is 122 cm³/mol. The van der Waals surface area contributed by atoms with Gasteiger partial charge in [0.2, 0.25) is 0 Å². The van der Waals surface area contributed by atoms with E-state index in [1.54, 1.807) is 4.90 Å². The molecule has 0 bridgehead atoms. The zero-order valence-corrected chi connectivity index (χ0v) is 20.8. The fraction of sp³-hybridized carbons (Fsp3) is 0.773. The normalized spacial score (nSPS) is 21.4. The Bertz CT molecular complexity index is 809. The average molecular weight is 437 g/mol. The van der Waals surface area contributed by atoms with Crippen LogP contribution in [-0.2, 0) is 23.1 Å². The van der Waals surface area contributed by atoms with Crippen molar-refractivity contribution < 1.29 is 14.3 Å². The van der Waals surface area contributed by atoms with Crippen molar-refractivity contribution in [1.29, 1.82) is 0 Å². The van der Waals surface area contributed by atoms with Crippen molar-refractivity contribution in [3.8, 4) is 0 Å². The van der Waals surface area contributed by atoms with Crippen LogP contribution in [-0.4, -0.2) is 63.3 Å². The second-order valence-electron chi connectivity index (χ2n) is 9.54. The number of aliphatic imine (C=N–C) groups is 1. The number of carbonyl (C=O) groups excluding carboxylic acids is 1. The molecule has 1 fully saturated rings. The highest BCUT2D eigenvalue weighted by molar-refractivity contribution is 5.80. The van der Waals surface area contributed by atoms with E-state index in [2.05, 4.69) is 15.7 Å². The molecule has 2 N–H and O–H groups in total. The summed E-state index contributed by atoms with van der Waals surface area (Å²) in [4.78, 5) is 19.4. The SMILES string of the molecule is CCNC(=NCc1c(C)nn(C)c1C)NCC1C(C)OC(C)(C)N1C(=O)OC(C)(C)C. The molecule has 1 saturated heterocycles. The number of nitrogens with zero attached hydrogens (tertiary/aromatic N) is 4. The minimum Gasteiger partial charge on any atom is -0.444 e. The van der Waals surface area contributed by atoms with Crippen molar-refractivity contribution in [2.45, 2.75) is 92.3 Å². The van der Waals surface area contributed by atoms with Crippen molar-refractivity contribution in [2.75, 3.05) is 13.1 Å². The molecule has 176 valence electrons. The highest BCUT2D eigenvalue weighted by atomic mass is 16.6. The summed E-state index contributed by atoms with van der Waals surface area (Å²) < 4.78 is 13.6. The summed E-state index contributed by atoms with van der Waals surface area (Å²) in [6.07, 6.45) is -0.530. The van der Waals surface area contributed by atoms with Crippen LogP contribution in [0, 0.1) is 13.8 Å². The lowest BCUT2D eigenvalue weighted by Gasteiger charge is -2.35. The van der Waals surface area contributed by atoms with Crippen LogP contribution in [0.3, 0.4) is 0 Å². The first-order chi connectivity index (χ1) is 14.3. The van der Waals surface area contributed by atoms with E-state index in [0.29, 0.717) is 19.0 Å². The molecule has 9 nitrogen and oxygen atoms in total. The third kappa shape index (κ3) is 6.12. The number of aryl methyl sites for hydroxylation is 2. The Labute approximate surface area is 186 Å². The Hall–Kier alpha value is -2.29. The number of ether oxygens (including phenoxy) is 2. The number of amides is 1. The number of rotatable bonds is 5. The minimum absolute atomic E-state index is 0.152. The van der Waals surface area contributed by atoms with Crippen molar-refractivity contribution in [3.63, 3.8) is 0 Å². The van der Waals surface area contributed by atoms with Crippen molar-refractivity contribution in [3.05, 3.63) is 17.0 Å². The van der Waals surface area contributed by atoms with Crippen LogP contribution in [0.5, 0.6) is 0 Å². The van der Waals surface area contributed by atoms with Gasteiger partial charge in [-0.2, -0.15) is 5.10 Å². The van der Waals surface area contributed by atoms with Gasteiger partial charge in [0.15, 0.2) is 5.96 Å². The molecule has 1 aromatic heterocycles. The van der Waals surface area contributed by atoms with E-state index in [4.69, 9.17) is 14.5 Å². The number of guanidine groups is 1. The maximum atomic E-state index is 12.9. The highest BCUT2D eigenvalue weighted by Crippen LogP contribution is 2.33. The maximum absolute atomic E-state index is 12.9. The lowest BCUT2D eigenvalue weighted by Crippen LogP contribution is -2.54. The number of hydrogen-bond acceptors (Lipinski definition) is 5. The number of hydrogen-bond donors (Lipinski definition) is 2. The highest BCUT2D eigenvalue weighted by Gasteiger charge is 2.49. The van der Waals surface area contributed by atoms with Gasteiger partial charge in [-0.15, -0.1) is 0 Å². The number of carbonyl (C=O) groups is 1. The summed E-state index contributed by atoms with van der Waals surface area (Å²) in [6, 6.07) is -0.199. The molecular formula is C22H40N6O3. The van der Waals surface area contributed by atoms with Gasteiger partial charge in [0.25, 0.3) is 0 Å². The van der Waals surface area contributed by atoms with E-state index in [9.17, 15) is 4.79 Å². The molecule has 31 heavy (non-hydrogen) atoms.